The molecule has 2 bridgehead atoms. The number of carbonyl (C=O) groups excluding carboxylic acids is 2. The summed E-state index contributed by atoms with van der Waals surface area (Å²) in [5.74, 6) is -0.457. The second-order valence-corrected chi connectivity index (χ2v) is 8.23. The molecule has 1 saturated heterocycles. The van der Waals surface area contributed by atoms with Gasteiger partial charge in [0.2, 0.25) is 17.3 Å². The number of likely N-dealkylation sites (tertiary alicyclic amines) is 1. The lowest BCUT2D eigenvalue weighted by Crippen LogP contribution is -2.54. The van der Waals surface area contributed by atoms with Crippen molar-refractivity contribution in [1.82, 2.24) is 24.5 Å². The normalized spacial score (nSPS) is 20.9. The zero-order valence-electron chi connectivity index (χ0n) is 18.1. The molecule has 0 aromatic carbocycles. The van der Waals surface area contributed by atoms with E-state index in [1.807, 2.05) is 6.07 Å². The minimum Gasteiger partial charge on any atom is -0.483 e. The standard InChI is InChI=1S/C21H21N5O4.CH2O2/c1-24(2)20(28)17-13-9-12(15-6-3-7-16(27)26(15)17)10-25(11-13)21(29)18-14-5-4-8-22-19(14)23-30-18;2-1-3/h3-8,12-13,17H,9-11H2,1-2H3;1H,(H,2,3)/t12-,13+,17-;/m1./s1. The topological polar surface area (TPSA) is 139 Å². The maximum absolute atomic E-state index is 13.3. The molecule has 0 saturated carbocycles. The van der Waals surface area contributed by atoms with E-state index in [2.05, 4.69) is 10.1 Å². The smallest absolute Gasteiger partial charge is 0.293 e. The van der Waals surface area contributed by atoms with E-state index in [1.54, 1.807) is 48.0 Å². The van der Waals surface area contributed by atoms with Gasteiger partial charge < -0.3 is 19.4 Å². The Balaban J connectivity index is 0.000000821. The molecular formula is C22H23N5O6. The molecule has 11 heteroatoms. The minimum absolute atomic E-state index is 0.0277. The first-order chi connectivity index (χ1) is 15.9. The van der Waals surface area contributed by atoms with Crippen molar-refractivity contribution in [3.05, 3.63) is 58.3 Å². The molecule has 0 unspecified atom stereocenters. The number of carbonyl (C=O) groups is 3. The van der Waals surface area contributed by atoms with Gasteiger partial charge in [-0.25, -0.2) is 4.98 Å². The van der Waals surface area contributed by atoms with Gasteiger partial charge >= 0.3 is 0 Å². The molecule has 33 heavy (non-hydrogen) atoms. The SMILES string of the molecule is CN(C)C(=O)[C@H]1[C@H]2C[C@H](CN(C(=O)c3onc4ncccc34)C2)c2cccc(=O)n21.O=CO. The first-order valence-electron chi connectivity index (χ1n) is 10.4. The Bertz CT molecular complexity index is 1270. The monoisotopic (exact) mass is 453 g/mol. The second kappa shape index (κ2) is 8.85. The van der Waals surface area contributed by atoms with E-state index in [1.165, 1.54) is 11.0 Å². The van der Waals surface area contributed by atoms with E-state index in [4.69, 9.17) is 14.4 Å². The maximum atomic E-state index is 13.3. The summed E-state index contributed by atoms with van der Waals surface area (Å²) in [6.07, 6.45) is 2.34. The Morgan fingerprint density at radius 2 is 1.97 bits per heavy atom. The molecule has 0 aliphatic carbocycles. The largest absolute Gasteiger partial charge is 0.483 e. The number of carboxylic acid groups (broad SMARTS) is 1. The Kier molecular flexibility index (Phi) is 5.95. The van der Waals surface area contributed by atoms with Gasteiger partial charge in [-0.1, -0.05) is 11.2 Å². The predicted octanol–water partition coefficient (Wildman–Crippen LogP) is 0.974. The lowest BCUT2D eigenvalue weighted by atomic mass is 9.78. The summed E-state index contributed by atoms with van der Waals surface area (Å²) in [4.78, 5) is 54.7. The molecular weight excluding hydrogens is 430 g/mol. The summed E-state index contributed by atoms with van der Waals surface area (Å²) >= 11 is 0. The van der Waals surface area contributed by atoms with Gasteiger partial charge in [-0.3, -0.25) is 23.7 Å². The number of hydrogen-bond donors (Lipinski definition) is 1. The van der Waals surface area contributed by atoms with Crippen molar-refractivity contribution >= 4 is 29.3 Å². The van der Waals surface area contributed by atoms with Crippen LogP contribution in [-0.2, 0) is 9.59 Å². The summed E-state index contributed by atoms with van der Waals surface area (Å²) in [5, 5.41) is 11.3. The van der Waals surface area contributed by atoms with Crippen molar-refractivity contribution in [3.63, 3.8) is 0 Å². The molecule has 0 radical (unpaired) electrons. The van der Waals surface area contributed by atoms with Crippen LogP contribution in [0.2, 0.25) is 0 Å². The Labute approximate surface area is 188 Å². The Morgan fingerprint density at radius 1 is 1.21 bits per heavy atom. The number of likely N-dealkylation sites (N-methyl/N-ethyl adjacent to an activating group) is 1. The average molecular weight is 453 g/mol. The average Bonchev–Trinajstić information content (AvgIpc) is 3.23. The molecule has 2 amide bonds. The third-order valence-electron chi connectivity index (χ3n) is 6.08. The highest BCUT2D eigenvalue weighted by molar-refractivity contribution is 6.02. The molecule has 11 nitrogen and oxygen atoms in total. The Hall–Kier alpha value is -4.02. The molecule has 5 heterocycles. The van der Waals surface area contributed by atoms with Gasteiger partial charge in [0.1, 0.15) is 6.04 Å². The summed E-state index contributed by atoms with van der Waals surface area (Å²) in [7, 11) is 3.36. The van der Waals surface area contributed by atoms with Gasteiger partial charge in [-0.05, 0) is 24.6 Å². The molecule has 0 spiro atoms. The number of amides is 2. The summed E-state index contributed by atoms with van der Waals surface area (Å²) in [6.45, 7) is 0.562. The highest BCUT2D eigenvalue weighted by Gasteiger charge is 2.45. The van der Waals surface area contributed by atoms with Crippen LogP contribution in [0.1, 0.15) is 34.6 Å². The van der Waals surface area contributed by atoms with Gasteiger partial charge in [0.05, 0.1) is 5.39 Å². The Morgan fingerprint density at radius 3 is 2.70 bits per heavy atom. The van der Waals surface area contributed by atoms with Crippen LogP contribution in [0.3, 0.4) is 0 Å². The quantitative estimate of drug-likeness (QED) is 0.567. The first kappa shape index (κ1) is 22.2. The van der Waals surface area contributed by atoms with E-state index < -0.39 is 6.04 Å². The van der Waals surface area contributed by atoms with Crippen LogP contribution in [0.15, 0.2) is 45.8 Å². The fourth-order valence-corrected chi connectivity index (χ4v) is 4.76. The maximum Gasteiger partial charge on any atom is 0.293 e. The van der Waals surface area contributed by atoms with Gasteiger partial charge in [0.25, 0.3) is 17.9 Å². The first-order valence-corrected chi connectivity index (χ1v) is 10.4. The number of piperidine rings is 1. The molecule has 1 N–H and O–H groups in total. The van der Waals surface area contributed by atoms with Crippen LogP contribution in [-0.4, -0.2) is 75.1 Å². The van der Waals surface area contributed by atoms with Crippen molar-refractivity contribution in [1.29, 1.82) is 0 Å². The number of fused-ring (bicyclic) bond motifs is 5. The fourth-order valence-electron chi connectivity index (χ4n) is 4.76. The molecule has 5 rings (SSSR count). The lowest BCUT2D eigenvalue weighted by Gasteiger charge is -2.46. The highest BCUT2D eigenvalue weighted by atomic mass is 16.5. The molecule has 3 aromatic rings. The van der Waals surface area contributed by atoms with Crippen LogP contribution >= 0.6 is 0 Å². The van der Waals surface area contributed by atoms with Crippen molar-refractivity contribution < 1.29 is 24.0 Å². The summed E-state index contributed by atoms with van der Waals surface area (Å²) in [5.41, 5.74) is 0.991. The van der Waals surface area contributed by atoms with E-state index in [9.17, 15) is 14.4 Å². The second-order valence-electron chi connectivity index (χ2n) is 8.23. The molecule has 1 fully saturated rings. The molecule has 2 aliphatic rings. The zero-order valence-corrected chi connectivity index (χ0v) is 18.1. The van der Waals surface area contributed by atoms with Crippen molar-refractivity contribution in [2.75, 3.05) is 27.2 Å². The summed E-state index contributed by atoms with van der Waals surface area (Å²) < 4.78 is 6.94. The highest BCUT2D eigenvalue weighted by Crippen LogP contribution is 2.42. The lowest BCUT2D eigenvalue weighted by molar-refractivity contribution is -0.135. The van der Waals surface area contributed by atoms with Crippen LogP contribution in [0.4, 0.5) is 0 Å². The van der Waals surface area contributed by atoms with E-state index in [0.29, 0.717) is 24.1 Å². The predicted molar refractivity (Wildman–Crippen MR) is 116 cm³/mol. The van der Waals surface area contributed by atoms with Gasteiger partial charge in [0.15, 0.2) is 0 Å². The molecule has 3 aromatic heterocycles. The van der Waals surface area contributed by atoms with Crippen LogP contribution < -0.4 is 5.56 Å². The molecule has 172 valence electrons. The van der Waals surface area contributed by atoms with E-state index in [-0.39, 0.29) is 41.4 Å². The van der Waals surface area contributed by atoms with Crippen molar-refractivity contribution in [3.8, 4) is 0 Å². The minimum atomic E-state index is -0.635. The van der Waals surface area contributed by atoms with Gasteiger partial charge in [-0.2, -0.15) is 0 Å². The van der Waals surface area contributed by atoms with E-state index >= 15 is 0 Å². The van der Waals surface area contributed by atoms with Crippen molar-refractivity contribution in [2.24, 2.45) is 5.92 Å². The fraction of sp³-hybridized carbons (Fsp3) is 0.364. The van der Waals surface area contributed by atoms with Gasteiger partial charge in [-0.15, -0.1) is 0 Å². The third kappa shape index (κ3) is 3.86. The zero-order chi connectivity index (χ0) is 23.7. The van der Waals surface area contributed by atoms with Gasteiger partial charge in [0, 0.05) is 57.0 Å². The summed E-state index contributed by atoms with van der Waals surface area (Å²) in [6, 6.07) is 7.92. The van der Waals surface area contributed by atoms with Crippen LogP contribution in [0.25, 0.3) is 11.0 Å². The molecule has 3 atom stereocenters. The molecule has 2 aliphatic heterocycles. The number of rotatable bonds is 2. The number of aromatic nitrogens is 3. The third-order valence-corrected chi connectivity index (χ3v) is 6.08. The number of pyridine rings is 2. The van der Waals surface area contributed by atoms with Crippen molar-refractivity contribution in [2.45, 2.75) is 18.4 Å². The van der Waals surface area contributed by atoms with Crippen LogP contribution in [0, 0.1) is 5.92 Å². The number of hydrogen-bond acceptors (Lipinski definition) is 7. The number of nitrogens with zero attached hydrogens (tertiary/aromatic N) is 5. The van der Waals surface area contributed by atoms with E-state index in [0.717, 1.165) is 12.1 Å². The van der Waals surface area contributed by atoms with Crippen LogP contribution in [0.5, 0.6) is 0 Å².